The maximum absolute atomic E-state index is 5.80. The Morgan fingerprint density at radius 2 is 1.45 bits per heavy atom. The second-order valence-electron chi connectivity index (χ2n) is 9.53. The first kappa shape index (κ1) is 22.3. The molecule has 3 rings (SSSR count). The molecule has 1 nitrogen and oxygen atoms in total. The summed E-state index contributed by atoms with van der Waals surface area (Å²) in [5, 5.41) is 0. The number of ether oxygens (including phenoxy) is 1. The summed E-state index contributed by atoms with van der Waals surface area (Å²) < 4.78 is 5.80. The van der Waals surface area contributed by atoms with Crippen molar-refractivity contribution in [1.29, 1.82) is 0 Å². The SMILES string of the molecule is CCCCCOc1ccc(C#C[C@H]2CC[C@H]([C@H]3CC[C@H](CCC)CC3)CC2)cc1. The first-order chi connectivity index (χ1) is 14.3. The van der Waals surface area contributed by atoms with Gasteiger partial charge in [0.2, 0.25) is 0 Å². The Kier molecular flexibility index (Phi) is 9.46. The lowest BCUT2D eigenvalue weighted by Gasteiger charge is -2.37. The van der Waals surface area contributed by atoms with Gasteiger partial charge < -0.3 is 4.74 Å². The molecule has 0 amide bonds. The van der Waals surface area contributed by atoms with Crippen LogP contribution >= 0.6 is 0 Å². The fourth-order valence-corrected chi connectivity index (χ4v) is 5.45. The molecule has 1 aromatic rings. The minimum atomic E-state index is 0.604. The highest BCUT2D eigenvalue weighted by molar-refractivity contribution is 5.38. The van der Waals surface area contributed by atoms with Crippen LogP contribution in [0.25, 0.3) is 0 Å². The molecule has 2 aliphatic carbocycles. The van der Waals surface area contributed by atoms with E-state index < -0.39 is 0 Å². The van der Waals surface area contributed by atoms with E-state index in [1.165, 1.54) is 77.0 Å². The van der Waals surface area contributed by atoms with E-state index in [0.717, 1.165) is 42.1 Å². The van der Waals surface area contributed by atoms with Gasteiger partial charge in [0.1, 0.15) is 5.75 Å². The molecule has 0 saturated heterocycles. The Morgan fingerprint density at radius 1 is 0.793 bits per heavy atom. The van der Waals surface area contributed by atoms with Gasteiger partial charge in [0.05, 0.1) is 6.61 Å². The van der Waals surface area contributed by atoms with E-state index in [2.05, 4.69) is 50.0 Å². The molecule has 0 spiro atoms. The standard InChI is InChI=1S/C28H42O/c1-3-5-6-22-29-28-20-14-25(15-21-28)9-8-24-12-18-27(19-13-24)26-16-10-23(7-4-2)11-17-26/h14-15,20-21,23-24,26-27H,3-7,10-13,16-19,22H2,1-2H3/t23-,24-,26-,27-. The predicted molar refractivity (Wildman–Crippen MR) is 124 cm³/mol. The molecule has 0 unspecified atom stereocenters. The highest BCUT2D eigenvalue weighted by Crippen LogP contribution is 2.42. The van der Waals surface area contributed by atoms with Crippen molar-refractivity contribution in [2.45, 2.75) is 97.3 Å². The van der Waals surface area contributed by atoms with Crippen LogP contribution in [-0.2, 0) is 0 Å². The number of benzene rings is 1. The molecular weight excluding hydrogens is 352 g/mol. The molecule has 0 N–H and O–H groups in total. The summed E-state index contributed by atoms with van der Waals surface area (Å²) in [7, 11) is 0. The lowest BCUT2D eigenvalue weighted by atomic mass is 9.69. The molecule has 0 aliphatic heterocycles. The molecule has 1 heteroatoms. The highest BCUT2D eigenvalue weighted by atomic mass is 16.5. The number of rotatable bonds is 8. The van der Waals surface area contributed by atoms with Crippen molar-refractivity contribution in [2.24, 2.45) is 23.7 Å². The lowest BCUT2D eigenvalue weighted by molar-refractivity contribution is 0.154. The van der Waals surface area contributed by atoms with Gasteiger partial charge in [-0.3, -0.25) is 0 Å². The van der Waals surface area contributed by atoms with Crippen molar-refractivity contribution in [1.82, 2.24) is 0 Å². The maximum atomic E-state index is 5.80. The molecular formula is C28H42O. The fraction of sp³-hybridized carbons (Fsp3) is 0.714. The summed E-state index contributed by atoms with van der Waals surface area (Å²) in [6, 6.07) is 8.37. The maximum Gasteiger partial charge on any atom is 0.119 e. The summed E-state index contributed by atoms with van der Waals surface area (Å²) in [4.78, 5) is 0. The van der Waals surface area contributed by atoms with Crippen molar-refractivity contribution in [2.75, 3.05) is 6.61 Å². The van der Waals surface area contributed by atoms with Crippen LogP contribution in [0.3, 0.4) is 0 Å². The van der Waals surface area contributed by atoms with Crippen LogP contribution in [-0.4, -0.2) is 6.61 Å². The molecule has 29 heavy (non-hydrogen) atoms. The zero-order valence-electron chi connectivity index (χ0n) is 18.9. The van der Waals surface area contributed by atoms with Crippen LogP contribution in [0.5, 0.6) is 5.75 Å². The van der Waals surface area contributed by atoms with Crippen molar-refractivity contribution in [3.63, 3.8) is 0 Å². The first-order valence-corrected chi connectivity index (χ1v) is 12.5. The fourth-order valence-electron chi connectivity index (χ4n) is 5.45. The second kappa shape index (κ2) is 12.3. The van der Waals surface area contributed by atoms with Crippen molar-refractivity contribution >= 4 is 0 Å². The van der Waals surface area contributed by atoms with Gasteiger partial charge in [-0.15, -0.1) is 0 Å². The third-order valence-electron chi connectivity index (χ3n) is 7.32. The minimum absolute atomic E-state index is 0.604. The summed E-state index contributed by atoms with van der Waals surface area (Å²) in [6.07, 6.45) is 17.9. The number of hydrogen-bond donors (Lipinski definition) is 0. The van der Waals surface area contributed by atoms with Crippen LogP contribution in [0, 0.1) is 35.5 Å². The van der Waals surface area contributed by atoms with Crippen LogP contribution in [0.4, 0.5) is 0 Å². The molecule has 0 aromatic heterocycles. The van der Waals surface area contributed by atoms with Crippen LogP contribution in [0.1, 0.15) is 103 Å². The molecule has 0 radical (unpaired) electrons. The average molecular weight is 395 g/mol. The van der Waals surface area contributed by atoms with Crippen molar-refractivity contribution in [3.8, 4) is 17.6 Å². The topological polar surface area (TPSA) is 9.23 Å². The molecule has 1 aromatic carbocycles. The van der Waals surface area contributed by atoms with Gasteiger partial charge in [0.25, 0.3) is 0 Å². The van der Waals surface area contributed by atoms with E-state index >= 15 is 0 Å². The largest absolute Gasteiger partial charge is 0.494 e. The number of hydrogen-bond acceptors (Lipinski definition) is 1. The minimum Gasteiger partial charge on any atom is -0.494 e. The monoisotopic (exact) mass is 394 g/mol. The molecule has 0 bridgehead atoms. The van der Waals surface area contributed by atoms with Gasteiger partial charge in [0.15, 0.2) is 0 Å². The van der Waals surface area contributed by atoms with Crippen molar-refractivity contribution in [3.05, 3.63) is 29.8 Å². The van der Waals surface area contributed by atoms with Gasteiger partial charge in [-0.25, -0.2) is 0 Å². The first-order valence-electron chi connectivity index (χ1n) is 12.5. The van der Waals surface area contributed by atoms with Gasteiger partial charge in [-0.05, 0) is 87.0 Å². The van der Waals surface area contributed by atoms with Gasteiger partial charge in [0, 0.05) is 11.5 Å². The normalized spacial score (nSPS) is 27.1. The summed E-state index contributed by atoms with van der Waals surface area (Å²) in [5.41, 5.74) is 1.13. The Hall–Kier alpha value is -1.42. The average Bonchev–Trinajstić information content (AvgIpc) is 2.77. The third-order valence-corrected chi connectivity index (χ3v) is 7.32. The van der Waals surface area contributed by atoms with Crippen LogP contribution < -0.4 is 4.74 Å². The molecule has 2 fully saturated rings. The van der Waals surface area contributed by atoms with E-state index in [0.29, 0.717) is 5.92 Å². The molecule has 160 valence electrons. The molecule has 2 saturated carbocycles. The zero-order chi connectivity index (χ0) is 20.3. The predicted octanol–water partition coefficient (Wildman–Crippen LogP) is 8.02. The van der Waals surface area contributed by atoms with Crippen molar-refractivity contribution < 1.29 is 4.74 Å². The van der Waals surface area contributed by atoms with Gasteiger partial charge in [-0.1, -0.05) is 64.2 Å². The molecule has 2 aliphatic rings. The Balaban J connectivity index is 1.38. The quantitative estimate of drug-likeness (QED) is 0.320. The van der Waals surface area contributed by atoms with E-state index in [9.17, 15) is 0 Å². The van der Waals surface area contributed by atoms with E-state index in [-0.39, 0.29) is 0 Å². The number of unbranched alkanes of at least 4 members (excludes halogenated alkanes) is 2. The summed E-state index contributed by atoms with van der Waals surface area (Å²) in [6.45, 7) is 5.38. The smallest absolute Gasteiger partial charge is 0.119 e. The second-order valence-corrected chi connectivity index (χ2v) is 9.53. The third kappa shape index (κ3) is 7.40. The van der Waals surface area contributed by atoms with Crippen LogP contribution in [0.15, 0.2) is 24.3 Å². The van der Waals surface area contributed by atoms with E-state index in [1.54, 1.807) is 0 Å². The zero-order valence-corrected chi connectivity index (χ0v) is 18.9. The molecule has 0 atom stereocenters. The Bertz CT molecular complexity index is 619. The van der Waals surface area contributed by atoms with Gasteiger partial charge in [-0.2, -0.15) is 0 Å². The Morgan fingerprint density at radius 3 is 2.07 bits per heavy atom. The van der Waals surface area contributed by atoms with Crippen LogP contribution in [0.2, 0.25) is 0 Å². The Labute approximate surface area is 180 Å². The molecule has 0 heterocycles. The lowest BCUT2D eigenvalue weighted by Crippen LogP contribution is -2.25. The van der Waals surface area contributed by atoms with E-state index in [4.69, 9.17) is 4.74 Å². The van der Waals surface area contributed by atoms with E-state index in [1.807, 2.05) is 0 Å². The summed E-state index contributed by atoms with van der Waals surface area (Å²) >= 11 is 0. The highest BCUT2D eigenvalue weighted by Gasteiger charge is 2.30. The van der Waals surface area contributed by atoms with Gasteiger partial charge >= 0.3 is 0 Å². The summed E-state index contributed by atoms with van der Waals surface area (Å²) in [5.74, 6) is 11.6.